The molecule has 0 atom stereocenters. The lowest BCUT2D eigenvalue weighted by Gasteiger charge is -2.28. The minimum atomic E-state index is 0.609. The molecule has 1 saturated heterocycles. The molecule has 0 spiro atoms. The van der Waals surface area contributed by atoms with Crippen LogP contribution >= 0.6 is 0 Å². The monoisotopic (exact) mass is 248 g/mol. The van der Waals surface area contributed by atoms with E-state index in [-0.39, 0.29) is 0 Å². The fourth-order valence-electron chi connectivity index (χ4n) is 2.40. The predicted octanol–water partition coefficient (Wildman–Crippen LogP) is 3.27. The summed E-state index contributed by atoms with van der Waals surface area (Å²) >= 11 is 0. The van der Waals surface area contributed by atoms with Gasteiger partial charge >= 0.3 is 0 Å². The maximum absolute atomic E-state index is 5.78. The standard InChI is InChI=1S/C16H28N2/c1-13(2)10-16(14(3)11-17)15(4)12-18-8-6-5-7-9-18/h10H,4-9,11-12,17H2,1-3H3/b16-14+. The molecule has 1 fully saturated rings. The average molecular weight is 248 g/mol. The zero-order valence-electron chi connectivity index (χ0n) is 12.3. The Morgan fingerprint density at radius 1 is 1.17 bits per heavy atom. The highest BCUT2D eigenvalue weighted by atomic mass is 15.1. The minimum absolute atomic E-state index is 0.609. The highest BCUT2D eigenvalue weighted by Crippen LogP contribution is 2.19. The lowest BCUT2D eigenvalue weighted by atomic mass is 9.98. The third-order valence-corrected chi connectivity index (χ3v) is 3.44. The van der Waals surface area contributed by atoms with E-state index < -0.39 is 0 Å². The molecular weight excluding hydrogens is 220 g/mol. The van der Waals surface area contributed by atoms with E-state index in [4.69, 9.17) is 5.73 Å². The van der Waals surface area contributed by atoms with Gasteiger partial charge in [-0.15, -0.1) is 0 Å². The molecule has 1 aliphatic rings. The summed E-state index contributed by atoms with van der Waals surface area (Å²) in [5.74, 6) is 0. The topological polar surface area (TPSA) is 29.3 Å². The Labute approximate surface area is 112 Å². The van der Waals surface area contributed by atoms with Crippen molar-refractivity contribution in [2.24, 2.45) is 5.73 Å². The molecule has 0 aromatic heterocycles. The van der Waals surface area contributed by atoms with Crippen molar-refractivity contribution in [3.63, 3.8) is 0 Å². The fraction of sp³-hybridized carbons (Fsp3) is 0.625. The molecular formula is C16H28N2. The van der Waals surface area contributed by atoms with Gasteiger partial charge in [-0.25, -0.2) is 0 Å². The molecule has 1 heterocycles. The van der Waals surface area contributed by atoms with Gasteiger partial charge in [0, 0.05) is 13.1 Å². The molecule has 0 bridgehead atoms. The van der Waals surface area contributed by atoms with E-state index in [1.54, 1.807) is 0 Å². The van der Waals surface area contributed by atoms with Crippen LogP contribution in [0.1, 0.15) is 40.0 Å². The first-order chi connectivity index (χ1) is 8.54. The van der Waals surface area contributed by atoms with E-state index >= 15 is 0 Å². The number of allylic oxidation sites excluding steroid dienone is 2. The Bertz CT molecular complexity index is 340. The molecule has 0 aliphatic carbocycles. The molecule has 0 unspecified atom stereocenters. The summed E-state index contributed by atoms with van der Waals surface area (Å²) in [6.45, 7) is 14.6. The Balaban J connectivity index is 2.74. The van der Waals surface area contributed by atoms with Crippen LogP contribution in [0.15, 0.2) is 34.9 Å². The van der Waals surface area contributed by atoms with Gasteiger partial charge in [0.05, 0.1) is 0 Å². The molecule has 1 rings (SSSR count). The summed E-state index contributed by atoms with van der Waals surface area (Å²) in [5, 5.41) is 0. The van der Waals surface area contributed by atoms with Crippen molar-refractivity contribution in [1.29, 1.82) is 0 Å². The van der Waals surface area contributed by atoms with E-state index in [1.165, 1.54) is 54.6 Å². The summed E-state index contributed by atoms with van der Waals surface area (Å²) < 4.78 is 0. The van der Waals surface area contributed by atoms with Crippen LogP contribution in [-0.4, -0.2) is 31.1 Å². The Morgan fingerprint density at radius 3 is 2.28 bits per heavy atom. The SMILES string of the molecule is C=C(CN1CCCCC1)/C(C=C(C)C)=C(\C)CN. The number of rotatable bonds is 5. The van der Waals surface area contributed by atoms with Gasteiger partial charge in [0.2, 0.25) is 0 Å². The average Bonchev–Trinajstić information content (AvgIpc) is 2.36. The number of nitrogens with zero attached hydrogens (tertiary/aromatic N) is 1. The van der Waals surface area contributed by atoms with Crippen molar-refractivity contribution in [3.05, 3.63) is 34.9 Å². The lowest BCUT2D eigenvalue weighted by Crippen LogP contribution is -2.31. The molecule has 0 saturated carbocycles. The van der Waals surface area contributed by atoms with Crippen LogP contribution in [-0.2, 0) is 0 Å². The van der Waals surface area contributed by atoms with Crippen molar-refractivity contribution in [2.75, 3.05) is 26.2 Å². The second-order valence-corrected chi connectivity index (χ2v) is 5.56. The van der Waals surface area contributed by atoms with Crippen LogP contribution in [0, 0.1) is 0 Å². The zero-order valence-corrected chi connectivity index (χ0v) is 12.3. The molecule has 18 heavy (non-hydrogen) atoms. The molecule has 0 amide bonds. The van der Waals surface area contributed by atoms with Crippen molar-refractivity contribution in [2.45, 2.75) is 40.0 Å². The number of hydrogen-bond donors (Lipinski definition) is 1. The van der Waals surface area contributed by atoms with Crippen LogP contribution in [0.5, 0.6) is 0 Å². The predicted molar refractivity (Wildman–Crippen MR) is 80.6 cm³/mol. The largest absolute Gasteiger partial charge is 0.327 e. The number of piperidine rings is 1. The minimum Gasteiger partial charge on any atom is -0.327 e. The van der Waals surface area contributed by atoms with Crippen LogP contribution < -0.4 is 5.73 Å². The van der Waals surface area contributed by atoms with Gasteiger partial charge in [-0.2, -0.15) is 0 Å². The number of nitrogens with two attached hydrogens (primary N) is 1. The van der Waals surface area contributed by atoms with Crippen LogP contribution in [0.25, 0.3) is 0 Å². The summed E-state index contributed by atoms with van der Waals surface area (Å²) in [7, 11) is 0. The third-order valence-electron chi connectivity index (χ3n) is 3.44. The van der Waals surface area contributed by atoms with Gasteiger partial charge in [0.1, 0.15) is 0 Å². The first-order valence-corrected chi connectivity index (χ1v) is 6.99. The van der Waals surface area contributed by atoms with Gasteiger partial charge in [-0.1, -0.05) is 30.2 Å². The van der Waals surface area contributed by atoms with Crippen molar-refractivity contribution < 1.29 is 0 Å². The Hall–Kier alpha value is -0.860. The summed E-state index contributed by atoms with van der Waals surface area (Å²) in [6, 6.07) is 0. The molecule has 0 radical (unpaired) electrons. The first-order valence-electron chi connectivity index (χ1n) is 6.99. The smallest absolute Gasteiger partial charge is 0.0233 e. The normalized spacial score (nSPS) is 18.2. The van der Waals surface area contributed by atoms with Crippen LogP contribution in [0.4, 0.5) is 0 Å². The fourth-order valence-corrected chi connectivity index (χ4v) is 2.40. The Morgan fingerprint density at radius 2 is 1.78 bits per heavy atom. The van der Waals surface area contributed by atoms with Gasteiger partial charge in [-0.05, 0) is 57.8 Å². The lowest BCUT2D eigenvalue weighted by molar-refractivity contribution is 0.248. The second kappa shape index (κ2) is 7.55. The van der Waals surface area contributed by atoms with Crippen LogP contribution in [0.2, 0.25) is 0 Å². The highest BCUT2D eigenvalue weighted by molar-refractivity contribution is 5.43. The highest BCUT2D eigenvalue weighted by Gasteiger charge is 2.13. The molecule has 2 N–H and O–H groups in total. The van der Waals surface area contributed by atoms with E-state index in [9.17, 15) is 0 Å². The molecule has 1 aliphatic heterocycles. The van der Waals surface area contributed by atoms with Gasteiger partial charge < -0.3 is 5.73 Å². The summed E-state index contributed by atoms with van der Waals surface area (Å²) in [5.41, 5.74) is 10.8. The van der Waals surface area contributed by atoms with Crippen molar-refractivity contribution >= 4 is 0 Å². The zero-order chi connectivity index (χ0) is 13.5. The molecule has 2 nitrogen and oxygen atoms in total. The molecule has 102 valence electrons. The number of likely N-dealkylation sites (tertiary alicyclic amines) is 1. The van der Waals surface area contributed by atoms with Crippen molar-refractivity contribution in [3.8, 4) is 0 Å². The maximum atomic E-state index is 5.78. The Kier molecular flexibility index (Phi) is 6.37. The molecule has 2 heteroatoms. The van der Waals surface area contributed by atoms with E-state index in [0.29, 0.717) is 6.54 Å². The van der Waals surface area contributed by atoms with Crippen LogP contribution in [0.3, 0.4) is 0 Å². The van der Waals surface area contributed by atoms with E-state index in [0.717, 1.165) is 6.54 Å². The van der Waals surface area contributed by atoms with Gasteiger partial charge in [-0.3, -0.25) is 4.90 Å². The molecule has 0 aromatic carbocycles. The van der Waals surface area contributed by atoms with Gasteiger partial charge in [0.25, 0.3) is 0 Å². The quantitative estimate of drug-likeness (QED) is 0.757. The number of hydrogen-bond acceptors (Lipinski definition) is 2. The first kappa shape index (κ1) is 15.2. The maximum Gasteiger partial charge on any atom is 0.0233 e. The molecule has 0 aromatic rings. The third kappa shape index (κ3) is 4.79. The van der Waals surface area contributed by atoms with Crippen molar-refractivity contribution in [1.82, 2.24) is 4.90 Å². The van der Waals surface area contributed by atoms with E-state index in [2.05, 4.69) is 38.3 Å². The van der Waals surface area contributed by atoms with Gasteiger partial charge in [0.15, 0.2) is 0 Å². The second-order valence-electron chi connectivity index (χ2n) is 5.56. The summed E-state index contributed by atoms with van der Waals surface area (Å²) in [4.78, 5) is 2.51. The summed E-state index contributed by atoms with van der Waals surface area (Å²) in [6.07, 6.45) is 6.24. The van der Waals surface area contributed by atoms with E-state index in [1.807, 2.05) is 0 Å².